The molecule has 0 radical (unpaired) electrons. The smallest absolute Gasteiger partial charge is 0.0454 e. The van der Waals surface area contributed by atoms with Crippen LogP contribution in [0.3, 0.4) is 0 Å². The van der Waals surface area contributed by atoms with Crippen LogP contribution < -0.4 is 0 Å². The zero-order valence-corrected chi connectivity index (χ0v) is 30.8. The SMILES string of the molecule is c1ccc2cc(-c3c4ccccc4c(-c4ccc(-c5cc6sc7c8ccccc8ccc7c6c6sc7ccccc7c56)cc4)c4ccccc34)ccc2c1. The molecule has 0 amide bonds. The van der Waals surface area contributed by atoms with Gasteiger partial charge in [-0.15, -0.1) is 22.7 Å². The Kier molecular flexibility index (Phi) is 6.48. The fraction of sp³-hybridized carbons (Fsp3) is 0. The van der Waals surface area contributed by atoms with E-state index in [9.17, 15) is 0 Å². The summed E-state index contributed by atoms with van der Waals surface area (Å²) in [6.07, 6.45) is 0. The maximum atomic E-state index is 2.47. The summed E-state index contributed by atoms with van der Waals surface area (Å²) in [4.78, 5) is 0. The molecule has 10 aromatic carbocycles. The van der Waals surface area contributed by atoms with Crippen molar-refractivity contribution in [1.29, 1.82) is 0 Å². The van der Waals surface area contributed by atoms with E-state index in [4.69, 9.17) is 0 Å². The second-order valence-corrected chi connectivity index (χ2v) is 16.4. The molecule has 0 nitrogen and oxygen atoms in total. The second-order valence-electron chi connectivity index (χ2n) is 14.3. The minimum absolute atomic E-state index is 1.23. The van der Waals surface area contributed by atoms with Crippen molar-refractivity contribution in [3.8, 4) is 33.4 Å². The fourth-order valence-electron chi connectivity index (χ4n) is 9.01. The minimum Gasteiger partial charge on any atom is -0.134 e. The molecule has 0 saturated heterocycles. The molecule has 0 fully saturated rings. The Labute approximate surface area is 319 Å². The van der Waals surface area contributed by atoms with E-state index in [1.165, 1.54) is 117 Å². The van der Waals surface area contributed by atoms with Crippen molar-refractivity contribution < 1.29 is 0 Å². The lowest BCUT2D eigenvalue weighted by atomic mass is 9.85. The molecule has 54 heavy (non-hydrogen) atoms. The predicted octanol–water partition coefficient (Wildman–Crippen LogP) is 16.0. The highest BCUT2D eigenvalue weighted by Crippen LogP contribution is 2.50. The van der Waals surface area contributed by atoms with Crippen LogP contribution in [0, 0.1) is 0 Å². The van der Waals surface area contributed by atoms with Crippen molar-refractivity contribution in [2.45, 2.75) is 0 Å². The highest BCUT2D eigenvalue weighted by Gasteiger charge is 2.20. The molecule has 12 aromatic rings. The summed E-state index contributed by atoms with van der Waals surface area (Å²) in [6.45, 7) is 0. The van der Waals surface area contributed by atoms with Gasteiger partial charge in [0.15, 0.2) is 0 Å². The average molecular weight is 719 g/mol. The summed E-state index contributed by atoms with van der Waals surface area (Å²) in [5.74, 6) is 0. The first-order chi connectivity index (χ1) is 26.8. The second kappa shape index (κ2) is 11.6. The molecule has 0 aliphatic heterocycles. The normalized spacial score (nSPS) is 12.1. The zero-order chi connectivity index (χ0) is 35.3. The van der Waals surface area contributed by atoms with Crippen LogP contribution in [0.25, 0.3) is 117 Å². The molecule has 250 valence electrons. The molecule has 2 heteroatoms. The van der Waals surface area contributed by atoms with E-state index in [-0.39, 0.29) is 0 Å². The Hall–Kier alpha value is -6.32. The molecule has 0 bridgehead atoms. The van der Waals surface area contributed by atoms with Crippen LogP contribution in [0.5, 0.6) is 0 Å². The summed E-state index contributed by atoms with van der Waals surface area (Å²) < 4.78 is 5.44. The average Bonchev–Trinajstić information content (AvgIpc) is 3.81. The van der Waals surface area contributed by atoms with E-state index in [0.29, 0.717) is 0 Å². The largest absolute Gasteiger partial charge is 0.134 e. The van der Waals surface area contributed by atoms with E-state index in [1.807, 2.05) is 22.7 Å². The van der Waals surface area contributed by atoms with Gasteiger partial charge in [-0.2, -0.15) is 0 Å². The summed E-state index contributed by atoms with van der Waals surface area (Å²) in [5, 5.41) is 15.7. The predicted molar refractivity (Wildman–Crippen MR) is 239 cm³/mol. The van der Waals surface area contributed by atoms with Crippen LogP contribution in [0.15, 0.2) is 182 Å². The number of fused-ring (bicyclic) bond motifs is 12. The topological polar surface area (TPSA) is 0 Å². The Morgan fingerprint density at radius 2 is 0.796 bits per heavy atom. The molecular weight excluding hydrogens is 689 g/mol. The van der Waals surface area contributed by atoms with Crippen molar-refractivity contribution in [2.75, 3.05) is 0 Å². The van der Waals surface area contributed by atoms with E-state index in [0.717, 1.165) is 0 Å². The summed E-state index contributed by atoms with van der Waals surface area (Å²) in [7, 11) is 0. The van der Waals surface area contributed by atoms with Crippen LogP contribution in [0.2, 0.25) is 0 Å². The Bertz CT molecular complexity index is 3430. The van der Waals surface area contributed by atoms with Gasteiger partial charge < -0.3 is 0 Å². The van der Waals surface area contributed by atoms with Gasteiger partial charge >= 0.3 is 0 Å². The Morgan fingerprint density at radius 1 is 0.278 bits per heavy atom. The number of thiophene rings is 2. The maximum absolute atomic E-state index is 2.47. The third-order valence-corrected chi connectivity index (χ3v) is 13.8. The van der Waals surface area contributed by atoms with Crippen molar-refractivity contribution in [2.24, 2.45) is 0 Å². The van der Waals surface area contributed by atoms with Crippen LogP contribution in [0.1, 0.15) is 0 Å². The van der Waals surface area contributed by atoms with Crippen molar-refractivity contribution in [3.05, 3.63) is 182 Å². The first-order valence-electron chi connectivity index (χ1n) is 18.5. The molecule has 12 rings (SSSR count). The molecule has 2 heterocycles. The van der Waals surface area contributed by atoms with Gasteiger partial charge in [0.1, 0.15) is 0 Å². The third kappa shape index (κ3) is 4.36. The molecule has 2 aromatic heterocycles. The van der Waals surface area contributed by atoms with E-state index >= 15 is 0 Å². The molecule has 0 aliphatic rings. The summed E-state index contributed by atoms with van der Waals surface area (Å²) in [6, 6.07) is 67.7. The van der Waals surface area contributed by atoms with Gasteiger partial charge in [-0.25, -0.2) is 0 Å². The molecule has 0 spiro atoms. The van der Waals surface area contributed by atoms with Gasteiger partial charge in [-0.05, 0) is 94.7 Å². The number of rotatable bonds is 3. The van der Waals surface area contributed by atoms with Crippen molar-refractivity contribution >= 4 is 106 Å². The maximum Gasteiger partial charge on any atom is 0.0454 e. The minimum atomic E-state index is 1.23. The molecule has 0 saturated carbocycles. The fourth-order valence-corrected chi connectivity index (χ4v) is 11.7. The molecule has 0 atom stereocenters. The molecule has 0 N–H and O–H groups in total. The lowest BCUT2D eigenvalue weighted by molar-refractivity contribution is 1.65. The van der Waals surface area contributed by atoms with Crippen LogP contribution in [-0.4, -0.2) is 0 Å². The van der Waals surface area contributed by atoms with Gasteiger partial charge in [0.2, 0.25) is 0 Å². The monoisotopic (exact) mass is 718 g/mol. The van der Waals surface area contributed by atoms with Crippen molar-refractivity contribution in [1.82, 2.24) is 0 Å². The molecule has 0 unspecified atom stereocenters. The third-order valence-electron chi connectivity index (χ3n) is 11.4. The van der Waals surface area contributed by atoms with E-state index in [1.54, 1.807) is 0 Å². The number of hydrogen-bond donors (Lipinski definition) is 0. The summed E-state index contributed by atoms with van der Waals surface area (Å²) >= 11 is 3.87. The van der Waals surface area contributed by atoms with Gasteiger partial charge in [-0.3, -0.25) is 0 Å². The quantitative estimate of drug-likeness (QED) is 0.160. The zero-order valence-electron chi connectivity index (χ0n) is 29.1. The van der Waals surface area contributed by atoms with Crippen molar-refractivity contribution in [3.63, 3.8) is 0 Å². The Balaban J connectivity index is 1.08. The van der Waals surface area contributed by atoms with Gasteiger partial charge in [0.05, 0.1) is 0 Å². The van der Waals surface area contributed by atoms with Gasteiger partial charge in [0.25, 0.3) is 0 Å². The summed E-state index contributed by atoms with van der Waals surface area (Å²) in [5.41, 5.74) is 7.62. The van der Waals surface area contributed by atoms with Crippen LogP contribution >= 0.6 is 22.7 Å². The number of hydrogen-bond acceptors (Lipinski definition) is 2. The van der Waals surface area contributed by atoms with Crippen LogP contribution in [0.4, 0.5) is 0 Å². The highest BCUT2D eigenvalue weighted by atomic mass is 32.1. The van der Waals surface area contributed by atoms with E-state index in [2.05, 4.69) is 182 Å². The van der Waals surface area contributed by atoms with Gasteiger partial charge in [-0.1, -0.05) is 164 Å². The van der Waals surface area contributed by atoms with Crippen LogP contribution in [-0.2, 0) is 0 Å². The Morgan fingerprint density at radius 3 is 1.52 bits per heavy atom. The van der Waals surface area contributed by atoms with E-state index < -0.39 is 0 Å². The lowest BCUT2D eigenvalue weighted by Crippen LogP contribution is -1.91. The highest BCUT2D eigenvalue weighted by molar-refractivity contribution is 7.30. The number of benzene rings is 10. The lowest BCUT2D eigenvalue weighted by Gasteiger charge is -2.18. The first kappa shape index (κ1) is 30.2. The first-order valence-corrected chi connectivity index (χ1v) is 20.1. The standard InChI is InChI=1S/C52H30S2/c1-2-13-35-29-36(26-21-31(35)11-1)48-40-17-7-5-15-38(40)47(39-16-6-8-18-41(39)48)34-24-22-33(23-25-34)44-30-46-50(52-49(44)42-19-9-10-20-45(42)53-52)43-28-27-32-12-3-4-14-37(32)51(43)54-46/h1-30H. The molecular formula is C52H30S2. The van der Waals surface area contributed by atoms with Gasteiger partial charge in [0, 0.05) is 40.3 Å². The molecule has 0 aliphatic carbocycles.